The molecule has 1 aromatic heterocycles. The molecule has 0 aliphatic rings. The lowest BCUT2D eigenvalue weighted by molar-refractivity contribution is 0.101. The standard InChI is InChI=1S/C16H14N2O2S/c1-9-14(10(2)19)15(13(8-17)16(21)18-9)11-4-6-12(20-3)7-5-11/h4-7H,1-3H3,(H,18,21). The number of carbonyl (C=O) groups excluding carboxylic acids is 1. The highest BCUT2D eigenvalue weighted by Gasteiger charge is 2.18. The fraction of sp³-hybridized carbons (Fsp3) is 0.188. The van der Waals surface area contributed by atoms with E-state index in [1.807, 2.05) is 12.1 Å². The second kappa shape index (κ2) is 5.90. The van der Waals surface area contributed by atoms with Gasteiger partial charge in [0, 0.05) is 16.8 Å². The van der Waals surface area contributed by atoms with Crippen molar-refractivity contribution in [2.75, 3.05) is 7.11 Å². The van der Waals surface area contributed by atoms with Crippen LogP contribution in [-0.4, -0.2) is 17.9 Å². The Labute approximate surface area is 128 Å². The molecule has 5 heteroatoms. The van der Waals surface area contributed by atoms with Gasteiger partial charge in [-0.3, -0.25) is 4.79 Å². The van der Waals surface area contributed by atoms with Gasteiger partial charge >= 0.3 is 0 Å². The van der Waals surface area contributed by atoms with E-state index in [0.717, 1.165) is 5.56 Å². The number of methoxy groups -OCH3 is 1. The van der Waals surface area contributed by atoms with E-state index in [1.165, 1.54) is 6.92 Å². The Balaban J connectivity index is 2.84. The van der Waals surface area contributed by atoms with E-state index in [-0.39, 0.29) is 5.78 Å². The summed E-state index contributed by atoms with van der Waals surface area (Å²) in [6.45, 7) is 3.26. The predicted octanol–water partition coefficient (Wildman–Crippen LogP) is 3.80. The monoisotopic (exact) mass is 298 g/mol. The Morgan fingerprint density at radius 2 is 1.95 bits per heavy atom. The summed E-state index contributed by atoms with van der Waals surface area (Å²) in [6, 6.07) is 9.30. The van der Waals surface area contributed by atoms with Crippen LogP contribution in [0.25, 0.3) is 11.1 Å². The first kappa shape index (κ1) is 14.9. The van der Waals surface area contributed by atoms with Crippen LogP contribution in [0, 0.1) is 22.9 Å². The van der Waals surface area contributed by atoms with Crippen LogP contribution in [0.1, 0.15) is 28.5 Å². The van der Waals surface area contributed by atoms with Gasteiger partial charge in [0.05, 0.1) is 12.7 Å². The predicted molar refractivity (Wildman–Crippen MR) is 83.1 cm³/mol. The van der Waals surface area contributed by atoms with Crippen LogP contribution in [0.4, 0.5) is 0 Å². The van der Waals surface area contributed by atoms with Crippen molar-refractivity contribution in [3.8, 4) is 22.9 Å². The molecule has 0 bridgehead atoms. The smallest absolute Gasteiger partial charge is 0.162 e. The summed E-state index contributed by atoms with van der Waals surface area (Å²) in [5, 5.41) is 9.39. The number of pyridine rings is 1. The summed E-state index contributed by atoms with van der Waals surface area (Å²) < 4.78 is 5.47. The van der Waals surface area contributed by atoms with Crippen LogP contribution < -0.4 is 4.74 Å². The maximum Gasteiger partial charge on any atom is 0.162 e. The van der Waals surface area contributed by atoms with Gasteiger partial charge in [0.2, 0.25) is 0 Å². The number of carbonyl (C=O) groups is 1. The van der Waals surface area contributed by atoms with Gasteiger partial charge in [-0.1, -0.05) is 24.4 Å². The molecule has 0 radical (unpaired) electrons. The molecule has 0 aliphatic heterocycles. The molecule has 0 spiro atoms. The zero-order valence-corrected chi connectivity index (χ0v) is 12.8. The molecule has 4 nitrogen and oxygen atoms in total. The molecule has 0 fully saturated rings. The molecule has 21 heavy (non-hydrogen) atoms. The lowest BCUT2D eigenvalue weighted by atomic mass is 9.93. The van der Waals surface area contributed by atoms with Crippen LogP contribution in [-0.2, 0) is 0 Å². The van der Waals surface area contributed by atoms with Gasteiger partial charge in [0.1, 0.15) is 16.5 Å². The average Bonchev–Trinajstić information content (AvgIpc) is 2.46. The minimum atomic E-state index is -0.110. The third kappa shape index (κ3) is 2.71. The van der Waals surface area contributed by atoms with Crippen molar-refractivity contribution in [1.29, 1.82) is 5.26 Å². The molecule has 2 aromatic rings. The van der Waals surface area contributed by atoms with Crippen molar-refractivity contribution in [3.05, 3.63) is 45.7 Å². The minimum Gasteiger partial charge on any atom is -0.497 e. The molecular weight excluding hydrogens is 284 g/mol. The first-order valence-electron chi connectivity index (χ1n) is 6.32. The van der Waals surface area contributed by atoms with Gasteiger partial charge in [0.25, 0.3) is 0 Å². The fourth-order valence-electron chi connectivity index (χ4n) is 2.31. The molecule has 2 rings (SSSR count). The average molecular weight is 298 g/mol. The summed E-state index contributed by atoms with van der Waals surface area (Å²) in [5.41, 5.74) is 2.81. The van der Waals surface area contributed by atoms with Gasteiger partial charge < -0.3 is 9.72 Å². The lowest BCUT2D eigenvalue weighted by Gasteiger charge is -2.13. The summed E-state index contributed by atoms with van der Waals surface area (Å²) in [4.78, 5) is 14.9. The van der Waals surface area contributed by atoms with Gasteiger partial charge in [-0.05, 0) is 31.5 Å². The number of hydrogen-bond donors (Lipinski definition) is 1. The highest BCUT2D eigenvalue weighted by molar-refractivity contribution is 7.71. The van der Waals surface area contributed by atoms with E-state index in [0.29, 0.717) is 32.8 Å². The Kier molecular flexibility index (Phi) is 4.20. The zero-order valence-electron chi connectivity index (χ0n) is 12.0. The number of Topliss-reactive ketones (excluding diaryl/α,β-unsaturated/α-hetero) is 1. The number of aromatic amines is 1. The lowest BCUT2D eigenvalue weighted by Crippen LogP contribution is -2.05. The summed E-state index contributed by atoms with van der Waals surface area (Å²) in [7, 11) is 1.58. The first-order chi connectivity index (χ1) is 9.99. The number of ether oxygens (including phenoxy) is 1. The molecule has 0 saturated carbocycles. The Morgan fingerprint density at radius 1 is 1.33 bits per heavy atom. The number of nitrogens with zero attached hydrogens (tertiary/aromatic N) is 1. The maximum absolute atomic E-state index is 12.0. The Morgan fingerprint density at radius 3 is 2.43 bits per heavy atom. The molecule has 106 valence electrons. The van der Waals surface area contributed by atoms with E-state index < -0.39 is 0 Å². The van der Waals surface area contributed by atoms with E-state index in [2.05, 4.69) is 11.1 Å². The van der Waals surface area contributed by atoms with Crippen LogP contribution in [0.2, 0.25) is 0 Å². The number of aryl methyl sites for hydroxylation is 1. The molecule has 0 atom stereocenters. The SMILES string of the molecule is COc1ccc(-c2c(C(C)=O)c(C)[nH]c(=S)c2C#N)cc1. The van der Waals surface area contributed by atoms with Crippen molar-refractivity contribution in [2.24, 2.45) is 0 Å². The zero-order chi connectivity index (χ0) is 15.6. The van der Waals surface area contributed by atoms with E-state index >= 15 is 0 Å². The van der Waals surface area contributed by atoms with Crippen molar-refractivity contribution in [3.63, 3.8) is 0 Å². The number of benzene rings is 1. The maximum atomic E-state index is 12.0. The third-order valence-electron chi connectivity index (χ3n) is 3.25. The second-order valence-corrected chi connectivity index (χ2v) is 5.01. The van der Waals surface area contributed by atoms with Crippen molar-refractivity contribution < 1.29 is 9.53 Å². The molecule has 1 heterocycles. The number of rotatable bonds is 3. The normalized spacial score (nSPS) is 10.0. The summed E-state index contributed by atoms with van der Waals surface area (Å²) in [6.07, 6.45) is 0. The molecule has 1 N–H and O–H groups in total. The molecule has 0 saturated heterocycles. The summed E-state index contributed by atoms with van der Waals surface area (Å²) >= 11 is 5.21. The van der Waals surface area contributed by atoms with Gasteiger partial charge in [-0.25, -0.2) is 0 Å². The van der Waals surface area contributed by atoms with Crippen LogP contribution in [0.3, 0.4) is 0 Å². The minimum absolute atomic E-state index is 0.110. The van der Waals surface area contributed by atoms with Crippen molar-refractivity contribution in [2.45, 2.75) is 13.8 Å². The highest BCUT2D eigenvalue weighted by atomic mass is 32.1. The van der Waals surface area contributed by atoms with E-state index in [4.69, 9.17) is 17.0 Å². The number of nitrogens with one attached hydrogen (secondary N) is 1. The summed E-state index contributed by atoms with van der Waals surface area (Å²) in [5.74, 6) is 0.598. The molecule has 0 amide bonds. The van der Waals surface area contributed by atoms with E-state index in [1.54, 1.807) is 26.2 Å². The van der Waals surface area contributed by atoms with Gasteiger partial charge in [-0.2, -0.15) is 5.26 Å². The largest absolute Gasteiger partial charge is 0.497 e. The number of hydrogen-bond acceptors (Lipinski definition) is 4. The quantitative estimate of drug-likeness (QED) is 0.691. The highest BCUT2D eigenvalue weighted by Crippen LogP contribution is 2.31. The molecule has 0 unspecified atom stereocenters. The van der Waals surface area contributed by atoms with Crippen molar-refractivity contribution >= 4 is 18.0 Å². The van der Waals surface area contributed by atoms with Crippen LogP contribution in [0.15, 0.2) is 24.3 Å². The Hall–Kier alpha value is -2.45. The first-order valence-corrected chi connectivity index (χ1v) is 6.72. The van der Waals surface area contributed by atoms with Crippen molar-refractivity contribution in [1.82, 2.24) is 4.98 Å². The number of ketones is 1. The van der Waals surface area contributed by atoms with Gasteiger partial charge in [0.15, 0.2) is 5.78 Å². The molecule has 1 aromatic carbocycles. The number of nitriles is 1. The fourth-order valence-corrected chi connectivity index (χ4v) is 2.62. The van der Waals surface area contributed by atoms with Crippen LogP contribution >= 0.6 is 12.2 Å². The third-order valence-corrected chi connectivity index (χ3v) is 3.55. The van der Waals surface area contributed by atoms with Gasteiger partial charge in [-0.15, -0.1) is 0 Å². The van der Waals surface area contributed by atoms with E-state index in [9.17, 15) is 10.1 Å². The Bertz CT molecular complexity index is 799. The topological polar surface area (TPSA) is 65.9 Å². The molecular formula is C16H14N2O2S. The number of H-pyrrole nitrogens is 1. The second-order valence-electron chi connectivity index (χ2n) is 4.60. The number of aromatic nitrogens is 1. The van der Waals surface area contributed by atoms with Crippen LogP contribution in [0.5, 0.6) is 5.75 Å². The molecule has 0 aliphatic carbocycles.